The summed E-state index contributed by atoms with van der Waals surface area (Å²) in [6, 6.07) is 58.1. The summed E-state index contributed by atoms with van der Waals surface area (Å²) in [4.78, 5) is 18.3. The van der Waals surface area contributed by atoms with Gasteiger partial charge in [-0.3, -0.25) is 9.13 Å². The Hall–Kier alpha value is -6.54. The number of benzene rings is 7. The molecule has 0 bridgehead atoms. The van der Waals surface area contributed by atoms with Crippen molar-refractivity contribution < 1.29 is 0 Å². The van der Waals surface area contributed by atoms with E-state index in [1.54, 1.807) is 0 Å². The van der Waals surface area contributed by atoms with Crippen LogP contribution in [-0.2, 0) is 0 Å². The second-order valence-corrected chi connectivity index (χ2v) is 15.8. The number of fused-ring (bicyclic) bond motifs is 10. The number of nitrogens with zero attached hydrogens (tertiary/aromatic N) is 5. The lowest BCUT2D eigenvalue weighted by Gasteiger charge is -2.20. The Morgan fingerprint density at radius 1 is 0.444 bits per heavy atom. The zero-order valence-electron chi connectivity index (χ0n) is 28.6. The number of hydrogen-bond donors (Lipinski definition) is 0. The van der Waals surface area contributed by atoms with Crippen LogP contribution in [0.3, 0.4) is 0 Å². The van der Waals surface area contributed by atoms with E-state index in [1.807, 2.05) is 41.3 Å². The number of para-hydroxylation sites is 3. The molecule has 0 fully saturated rings. The first-order valence-corrected chi connectivity index (χ1v) is 19.6. The maximum atomic E-state index is 5.38. The zero-order valence-corrected chi connectivity index (χ0v) is 30.3. The van der Waals surface area contributed by atoms with Crippen molar-refractivity contribution in [2.45, 2.75) is 9.79 Å². The van der Waals surface area contributed by atoms with Gasteiger partial charge in [0.2, 0.25) is 5.95 Å². The highest BCUT2D eigenvalue weighted by Crippen LogP contribution is 2.49. The Kier molecular flexibility index (Phi) is 6.37. The standard InChI is InChI=1S/C47H27N5S2/c1-2-13-28(14-3-1)44-48-45(30-16-10-15-29(27-30)31-19-11-25-39-41(31)33-18-5-8-23-37(33)53-39)50-47(49-44)52-35-21-6-4-17-32(35)42-34-20-12-26-40-43(34)51(46(42)52)36-22-7-9-24-38(36)54-40/h1-27H. The van der Waals surface area contributed by atoms with Crippen LogP contribution >= 0.6 is 23.1 Å². The van der Waals surface area contributed by atoms with Gasteiger partial charge in [0.05, 0.1) is 16.7 Å². The lowest BCUT2D eigenvalue weighted by Crippen LogP contribution is -2.10. The molecule has 0 atom stereocenters. The molecule has 7 aromatic carbocycles. The Balaban J connectivity index is 1.15. The van der Waals surface area contributed by atoms with Crippen molar-refractivity contribution in [1.29, 1.82) is 0 Å². The van der Waals surface area contributed by atoms with Gasteiger partial charge >= 0.3 is 0 Å². The van der Waals surface area contributed by atoms with Gasteiger partial charge in [-0.1, -0.05) is 133 Å². The molecule has 1 aliphatic rings. The van der Waals surface area contributed by atoms with E-state index in [2.05, 4.69) is 155 Å². The average molecular weight is 726 g/mol. The maximum absolute atomic E-state index is 5.38. The first-order chi connectivity index (χ1) is 26.8. The van der Waals surface area contributed by atoms with Gasteiger partial charge in [-0.25, -0.2) is 4.98 Å². The van der Waals surface area contributed by atoms with Gasteiger partial charge in [-0.2, -0.15) is 9.97 Å². The minimum absolute atomic E-state index is 0.581. The highest BCUT2D eigenvalue weighted by Gasteiger charge is 2.29. The molecule has 12 rings (SSSR count). The summed E-state index contributed by atoms with van der Waals surface area (Å²) in [6.45, 7) is 0. The van der Waals surface area contributed by atoms with E-state index >= 15 is 0 Å². The predicted molar refractivity (Wildman–Crippen MR) is 224 cm³/mol. The topological polar surface area (TPSA) is 48.5 Å². The summed E-state index contributed by atoms with van der Waals surface area (Å²) >= 11 is 3.67. The molecule has 0 spiro atoms. The largest absolute Gasteiger partial charge is 0.293 e. The van der Waals surface area contributed by atoms with Gasteiger partial charge in [-0.15, -0.1) is 11.3 Å². The smallest absolute Gasteiger partial charge is 0.239 e. The molecule has 5 heterocycles. The Labute approximate surface area is 317 Å². The summed E-state index contributed by atoms with van der Waals surface area (Å²) < 4.78 is 7.25. The second kappa shape index (κ2) is 11.5. The third-order valence-corrected chi connectivity index (χ3v) is 12.8. The zero-order chi connectivity index (χ0) is 35.3. The fourth-order valence-corrected chi connectivity index (χ4v) is 10.5. The van der Waals surface area contributed by atoms with Crippen molar-refractivity contribution >= 4 is 76.1 Å². The van der Waals surface area contributed by atoms with Gasteiger partial charge in [0.1, 0.15) is 5.65 Å². The van der Waals surface area contributed by atoms with Crippen LogP contribution in [-0.4, -0.2) is 24.1 Å². The van der Waals surface area contributed by atoms with Gasteiger partial charge in [0.15, 0.2) is 11.6 Å². The van der Waals surface area contributed by atoms with E-state index in [9.17, 15) is 0 Å². The van der Waals surface area contributed by atoms with Crippen molar-refractivity contribution in [3.63, 3.8) is 0 Å². The summed E-state index contributed by atoms with van der Waals surface area (Å²) in [5.41, 5.74) is 8.67. The molecular formula is C47H27N5S2. The maximum Gasteiger partial charge on any atom is 0.239 e. The van der Waals surface area contributed by atoms with Crippen molar-refractivity contribution in [2.75, 3.05) is 0 Å². The molecule has 54 heavy (non-hydrogen) atoms. The van der Waals surface area contributed by atoms with Crippen molar-refractivity contribution in [1.82, 2.24) is 24.1 Å². The molecular weight excluding hydrogens is 699 g/mol. The number of thiophene rings is 1. The molecule has 0 radical (unpaired) electrons. The Bertz CT molecular complexity index is 3320. The summed E-state index contributed by atoms with van der Waals surface area (Å²) in [7, 11) is 0. The number of hydrogen-bond acceptors (Lipinski definition) is 5. The first-order valence-electron chi connectivity index (χ1n) is 18.0. The molecule has 252 valence electrons. The fourth-order valence-electron chi connectivity index (χ4n) is 8.28. The molecule has 0 saturated heterocycles. The van der Waals surface area contributed by atoms with Crippen LogP contribution < -0.4 is 0 Å². The fraction of sp³-hybridized carbons (Fsp3) is 0. The van der Waals surface area contributed by atoms with Crippen LogP contribution in [0, 0.1) is 0 Å². The molecule has 0 saturated carbocycles. The summed E-state index contributed by atoms with van der Waals surface area (Å²) in [6.07, 6.45) is 0. The van der Waals surface area contributed by atoms with E-state index in [0.717, 1.165) is 33.5 Å². The van der Waals surface area contributed by atoms with Crippen molar-refractivity contribution in [2.24, 2.45) is 0 Å². The normalized spacial score (nSPS) is 12.4. The van der Waals surface area contributed by atoms with Gasteiger partial charge < -0.3 is 0 Å². The van der Waals surface area contributed by atoms with E-state index in [0.29, 0.717) is 17.6 Å². The summed E-state index contributed by atoms with van der Waals surface area (Å²) in [5.74, 6) is 1.84. The van der Waals surface area contributed by atoms with Crippen molar-refractivity contribution in [3.8, 4) is 45.5 Å². The third-order valence-electron chi connectivity index (χ3n) is 10.6. The first kappa shape index (κ1) is 30.0. The molecule has 4 aromatic heterocycles. The average Bonchev–Trinajstić information content (AvgIpc) is 3.90. The molecule has 11 aromatic rings. The Morgan fingerprint density at radius 2 is 1.11 bits per heavy atom. The minimum atomic E-state index is 0.581. The van der Waals surface area contributed by atoms with Crippen LogP contribution in [0.25, 0.3) is 98.5 Å². The number of rotatable bonds is 4. The van der Waals surface area contributed by atoms with Gasteiger partial charge in [-0.05, 0) is 53.6 Å². The van der Waals surface area contributed by atoms with E-state index in [4.69, 9.17) is 15.0 Å². The second-order valence-electron chi connectivity index (χ2n) is 13.6. The van der Waals surface area contributed by atoms with Crippen molar-refractivity contribution in [3.05, 3.63) is 164 Å². The quantitative estimate of drug-likeness (QED) is 0.181. The third kappa shape index (κ3) is 4.31. The van der Waals surface area contributed by atoms with Crippen LogP contribution in [0.2, 0.25) is 0 Å². The van der Waals surface area contributed by atoms with Gasteiger partial charge in [0, 0.05) is 57.2 Å². The van der Waals surface area contributed by atoms with Crippen LogP contribution in [0.15, 0.2) is 174 Å². The molecule has 5 nitrogen and oxygen atoms in total. The van der Waals surface area contributed by atoms with E-state index < -0.39 is 0 Å². The summed E-state index contributed by atoms with van der Waals surface area (Å²) in [5, 5.41) is 6.15. The predicted octanol–water partition coefficient (Wildman–Crippen LogP) is 12.7. The van der Waals surface area contributed by atoms with Crippen LogP contribution in [0.4, 0.5) is 0 Å². The lowest BCUT2D eigenvalue weighted by molar-refractivity contribution is 0.927. The molecule has 0 aliphatic carbocycles. The molecule has 7 heteroatoms. The minimum Gasteiger partial charge on any atom is -0.293 e. The van der Waals surface area contributed by atoms with Crippen LogP contribution in [0.1, 0.15) is 0 Å². The highest BCUT2D eigenvalue weighted by atomic mass is 32.2. The Morgan fingerprint density at radius 3 is 2.04 bits per heavy atom. The monoisotopic (exact) mass is 725 g/mol. The van der Waals surface area contributed by atoms with Crippen LogP contribution in [0.5, 0.6) is 0 Å². The SMILES string of the molecule is c1ccc(-c2nc(-c3cccc(-c4cccc5sc6ccccc6c45)c3)nc(-n3c4ccccc4c4c5cccc6c5n(c43)-c3ccccc3S6)n2)cc1. The lowest BCUT2D eigenvalue weighted by atomic mass is 9.98. The highest BCUT2D eigenvalue weighted by molar-refractivity contribution is 7.99. The number of aromatic nitrogens is 5. The van der Waals surface area contributed by atoms with E-state index in [-0.39, 0.29) is 0 Å². The molecule has 0 N–H and O–H groups in total. The molecule has 0 amide bonds. The van der Waals surface area contributed by atoms with E-state index in [1.165, 1.54) is 57.2 Å². The van der Waals surface area contributed by atoms with Gasteiger partial charge in [0.25, 0.3) is 0 Å². The molecule has 0 unspecified atom stereocenters. The molecule has 1 aliphatic heterocycles.